The standard InChI is InChI=1S/C24H23F3N2O3/c1-24(2,3)32-23(31)29-20(11-14-9-17(25)22(27)18(26)10-14)21(30)12-15-8-16-6-4-5-7-19(16)28-13-15/h4-10,13,20H,11-12H2,1-3H3,(H,29,31). The van der Waals surface area contributed by atoms with E-state index in [1.54, 1.807) is 27.0 Å². The molecule has 2 aromatic carbocycles. The molecule has 0 spiro atoms. The van der Waals surface area contributed by atoms with Gasteiger partial charge in [-0.05, 0) is 56.2 Å². The maximum absolute atomic E-state index is 13.7. The molecule has 1 aromatic heterocycles. The number of pyridine rings is 1. The summed E-state index contributed by atoms with van der Waals surface area (Å²) in [7, 11) is 0. The van der Waals surface area contributed by atoms with Crippen LogP contribution in [0.25, 0.3) is 10.9 Å². The maximum Gasteiger partial charge on any atom is 0.408 e. The first-order valence-corrected chi connectivity index (χ1v) is 10.0. The number of para-hydroxylation sites is 1. The number of halogens is 3. The van der Waals surface area contributed by atoms with Crippen molar-refractivity contribution in [3.8, 4) is 0 Å². The number of benzene rings is 2. The lowest BCUT2D eigenvalue weighted by molar-refractivity contribution is -0.120. The number of hydrogen-bond acceptors (Lipinski definition) is 4. The van der Waals surface area contributed by atoms with Crippen LogP contribution in [-0.2, 0) is 22.4 Å². The van der Waals surface area contributed by atoms with Gasteiger partial charge in [-0.1, -0.05) is 18.2 Å². The van der Waals surface area contributed by atoms with Crippen molar-refractivity contribution < 1.29 is 27.5 Å². The topological polar surface area (TPSA) is 68.3 Å². The lowest BCUT2D eigenvalue weighted by atomic mass is 9.97. The van der Waals surface area contributed by atoms with Gasteiger partial charge in [0.1, 0.15) is 5.60 Å². The smallest absolute Gasteiger partial charge is 0.408 e. The minimum Gasteiger partial charge on any atom is -0.444 e. The molecule has 0 fully saturated rings. The number of nitrogens with one attached hydrogen (secondary N) is 1. The zero-order valence-electron chi connectivity index (χ0n) is 17.9. The largest absolute Gasteiger partial charge is 0.444 e. The summed E-state index contributed by atoms with van der Waals surface area (Å²) in [6.07, 6.45) is 0.384. The zero-order chi connectivity index (χ0) is 23.5. The Hall–Kier alpha value is -3.42. The minimum atomic E-state index is -1.60. The Balaban J connectivity index is 1.84. The van der Waals surface area contributed by atoms with Crippen molar-refractivity contribution in [3.63, 3.8) is 0 Å². The molecule has 1 N–H and O–H groups in total. The number of hydrogen-bond donors (Lipinski definition) is 1. The Labute approximate surface area is 183 Å². The Morgan fingerprint density at radius 1 is 1.03 bits per heavy atom. The molecule has 0 radical (unpaired) electrons. The van der Waals surface area contributed by atoms with Crippen LogP contribution in [0.5, 0.6) is 0 Å². The molecule has 1 atom stereocenters. The summed E-state index contributed by atoms with van der Waals surface area (Å²) in [4.78, 5) is 29.6. The molecule has 32 heavy (non-hydrogen) atoms. The molecular formula is C24H23F3N2O3. The van der Waals surface area contributed by atoms with Gasteiger partial charge < -0.3 is 10.1 Å². The Morgan fingerprint density at radius 2 is 1.69 bits per heavy atom. The second kappa shape index (κ2) is 9.38. The first-order valence-electron chi connectivity index (χ1n) is 10.0. The Bertz CT molecular complexity index is 1140. The second-order valence-electron chi connectivity index (χ2n) is 8.46. The molecule has 1 unspecified atom stereocenters. The third kappa shape index (κ3) is 6.06. The van der Waals surface area contributed by atoms with E-state index in [0.29, 0.717) is 5.56 Å². The van der Waals surface area contributed by atoms with Crippen LogP contribution >= 0.6 is 0 Å². The number of carbonyl (C=O) groups is 2. The van der Waals surface area contributed by atoms with Crippen LogP contribution in [0.2, 0.25) is 0 Å². The fourth-order valence-electron chi connectivity index (χ4n) is 3.19. The van der Waals surface area contributed by atoms with E-state index in [9.17, 15) is 22.8 Å². The minimum absolute atomic E-state index is 0.0208. The first kappa shape index (κ1) is 23.2. The molecular weight excluding hydrogens is 421 g/mol. The average Bonchev–Trinajstić information content (AvgIpc) is 2.70. The van der Waals surface area contributed by atoms with Crippen LogP contribution in [-0.4, -0.2) is 28.5 Å². The van der Waals surface area contributed by atoms with Gasteiger partial charge in [-0.25, -0.2) is 18.0 Å². The monoisotopic (exact) mass is 444 g/mol. The quantitative estimate of drug-likeness (QED) is 0.549. The third-order valence-electron chi connectivity index (χ3n) is 4.59. The highest BCUT2D eigenvalue weighted by molar-refractivity contribution is 5.90. The van der Waals surface area contributed by atoms with E-state index in [1.807, 2.05) is 30.3 Å². The van der Waals surface area contributed by atoms with Crippen LogP contribution < -0.4 is 5.32 Å². The normalized spacial score (nSPS) is 12.4. The number of aromatic nitrogens is 1. The van der Waals surface area contributed by atoms with Crippen molar-refractivity contribution in [1.29, 1.82) is 0 Å². The molecule has 0 aliphatic carbocycles. The molecule has 3 aromatic rings. The molecule has 168 valence electrons. The van der Waals surface area contributed by atoms with Crippen molar-refractivity contribution in [1.82, 2.24) is 10.3 Å². The number of Topliss-reactive ketones (excluding diaryl/α,β-unsaturated/α-hetero) is 1. The van der Waals surface area contributed by atoms with E-state index >= 15 is 0 Å². The van der Waals surface area contributed by atoms with Gasteiger partial charge in [0.25, 0.3) is 0 Å². The third-order valence-corrected chi connectivity index (χ3v) is 4.59. The second-order valence-corrected chi connectivity index (χ2v) is 8.46. The fraction of sp³-hybridized carbons (Fsp3) is 0.292. The molecule has 1 heterocycles. The van der Waals surface area contributed by atoms with E-state index in [2.05, 4.69) is 10.3 Å². The Kier molecular flexibility index (Phi) is 6.81. The SMILES string of the molecule is CC(C)(C)OC(=O)NC(Cc1cc(F)c(F)c(F)c1)C(=O)Cc1cnc2ccccc2c1. The van der Waals surface area contributed by atoms with E-state index in [1.165, 1.54) is 0 Å². The molecule has 0 aliphatic heterocycles. The van der Waals surface area contributed by atoms with Crippen molar-refractivity contribution in [2.45, 2.75) is 45.3 Å². The summed E-state index contributed by atoms with van der Waals surface area (Å²) in [5, 5.41) is 3.31. The summed E-state index contributed by atoms with van der Waals surface area (Å²) in [6, 6.07) is 9.65. The number of ether oxygens (including phenoxy) is 1. The van der Waals surface area contributed by atoms with Gasteiger partial charge >= 0.3 is 6.09 Å². The van der Waals surface area contributed by atoms with E-state index in [-0.39, 0.29) is 18.4 Å². The number of carbonyl (C=O) groups excluding carboxylic acids is 2. The van der Waals surface area contributed by atoms with Gasteiger partial charge in [0, 0.05) is 24.4 Å². The first-order chi connectivity index (χ1) is 15.0. The summed E-state index contributed by atoms with van der Waals surface area (Å²) < 4.78 is 45.8. The fourth-order valence-corrected chi connectivity index (χ4v) is 3.19. The summed E-state index contributed by atoms with van der Waals surface area (Å²) in [6.45, 7) is 4.98. The number of nitrogens with zero attached hydrogens (tertiary/aromatic N) is 1. The zero-order valence-corrected chi connectivity index (χ0v) is 17.9. The van der Waals surface area contributed by atoms with Gasteiger partial charge in [0.05, 0.1) is 11.6 Å². The molecule has 8 heteroatoms. The Morgan fingerprint density at radius 3 is 2.34 bits per heavy atom. The summed E-state index contributed by atoms with van der Waals surface area (Å²) >= 11 is 0. The number of rotatable bonds is 6. The maximum atomic E-state index is 13.7. The van der Waals surface area contributed by atoms with Crippen molar-refractivity contribution >= 4 is 22.8 Å². The van der Waals surface area contributed by atoms with Crippen molar-refractivity contribution in [2.24, 2.45) is 0 Å². The van der Waals surface area contributed by atoms with E-state index in [4.69, 9.17) is 4.74 Å². The van der Waals surface area contributed by atoms with Gasteiger partial charge in [0.2, 0.25) is 0 Å². The highest BCUT2D eigenvalue weighted by atomic mass is 19.2. The predicted octanol–water partition coefficient (Wildman–Crippen LogP) is 4.90. The number of fused-ring (bicyclic) bond motifs is 1. The van der Waals surface area contributed by atoms with Gasteiger partial charge in [0.15, 0.2) is 23.2 Å². The van der Waals surface area contributed by atoms with Crippen molar-refractivity contribution in [2.75, 3.05) is 0 Å². The highest BCUT2D eigenvalue weighted by Crippen LogP contribution is 2.18. The van der Waals surface area contributed by atoms with Crippen LogP contribution in [0.1, 0.15) is 31.9 Å². The molecule has 0 aliphatic rings. The molecule has 0 bridgehead atoms. The average molecular weight is 444 g/mol. The molecule has 1 amide bonds. The van der Waals surface area contributed by atoms with Gasteiger partial charge in [-0.2, -0.15) is 0 Å². The lowest BCUT2D eigenvalue weighted by Gasteiger charge is -2.23. The van der Waals surface area contributed by atoms with Gasteiger partial charge in [-0.3, -0.25) is 9.78 Å². The van der Waals surface area contributed by atoms with Crippen LogP contribution in [0.3, 0.4) is 0 Å². The van der Waals surface area contributed by atoms with Crippen LogP contribution in [0, 0.1) is 17.5 Å². The van der Waals surface area contributed by atoms with Crippen molar-refractivity contribution in [3.05, 3.63) is 77.2 Å². The van der Waals surface area contributed by atoms with E-state index < -0.39 is 41.0 Å². The highest BCUT2D eigenvalue weighted by Gasteiger charge is 2.26. The summed E-state index contributed by atoms with van der Waals surface area (Å²) in [5.41, 5.74) is 0.589. The predicted molar refractivity (Wildman–Crippen MR) is 114 cm³/mol. The number of ketones is 1. The molecule has 5 nitrogen and oxygen atoms in total. The number of alkyl carbamates (subject to hydrolysis) is 1. The molecule has 0 saturated heterocycles. The summed E-state index contributed by atoms with van der Waals surface area (Å²) in [5.74, 6) is -4.76. The van der Waals surface area contributed by atoms with Crippen LogP contribution in [0.15, 0.2) is 48.7 Å². The van der Waals surface area contributed by atoms with Gasteiger partial charge in [-0.15, -0.1) is 0 Å². The van der Waals surface area contributed by atoms with E-state index in [0.717, 1.165) is 23.0 Å². The molecule has 0 saturated carbocycles. The molecule has 3 rings (SSSR count). The number of amides is 1. The lowest BCUT2D eigenvalue weighted by Crippen LogP contribution is -2.45. The van der Waals surface area contributed by atoms with Crippen LogP contribution in [0.4, 0.5) is 18.0 Å².